The van der Waals surface area contributed by atoms with E-state index in [-0.39, 0.29) is 11.3 Å². The summed E-state index contributed by atoms with van der Waals surface area (Å²) in [6.07, 6.45) is 8.79. The lowest BCUT2D eigenvalue weighted by molar-refractivity contribution is -0.141. The van der Waals surface area contributed by atoms with Crippen LogP contribution in [0, 0.1) is 11.3 Å². The topological polar surface area (TPSA) is 52.6 Å². The van der Waals surface area contributed by atoms with Gasteiger partial charge in [-0.25, -0.2) is 5.43 Å². The van der Waals surface area contributed by atoms with Gasteiger partial charge in [-0.1, -0.05) is 111 Å². The summed E-state index contributed by atoms with van der Waals surface area (Å²) in [5, 5.41) is 11.7. The van der Waals surface area contributed by atoms with Gasteiger partial charge in [-0.2, -0.15) is 0 Å². The third kappa shape index (κ3) is 10.9. The standard InChI is InChI=1S/C36H50N2O2/c1-4-5-28-38(37-30(2)39)35(40)29-36(3,27-26-33-20-13-8-14-21-33)34(25-24-32-18-11-7-12-19-32)23-15-22-31-16-9-6-10-17-31/h6-14,16-21,30,34,37,39H,4-5,15,22-29H2,1-3H3. The van der Waals surface area contributed by atoms with Gasteiger partial charge in [-0.15, -0.1) is 0 Å². The summed E-state index contributed by atoms with van der Waals surface area (Å²) in [7, 11) is 0. The van der Waals surface area contributed by atoms with Gasteiger partial charge in [0.1, 0.15) is 6.23 Å². The molecular weight excluding hydrogens is 492 g/mol. The number of rotatable bonds is 18. The summed E-state index contributed by atoms with van der Waals surface area (Å²) in [5.74, 6) is 0.473. The molecule has 0 spiro atoms. The second-order valence-electron chi connectivity index (χ2n) is 11.6. The number of aliphatic hydroxyl groups is 1. The molecule has 0 fully saturated rings. The third-order valence-corrected chi connectivity index (χ3v) is 8.23. The molecule has 2 N–H and O–H groups in total. The van der Waals surface area contributed by atoms with Crippen molar-refractivity contribution in [3.05, 3.63) is 108 Å². The summed E-state index contributed by atoms with van der Waals surface area (Å²) in [4.78, 5) is 13.8. The van der Waals surface area contributed by atoms with Crippen LogP contribution in [0.5, 0.6) is 0 Å². The average molecular weight is 543 g/mol. The normalized spacial score (nSPS) is 14.3. The second kappa shape index (κ2) is 17.0. The van der Waals surface area contributed by atoms with Crippen LogP contribution in [-0.2, 0) is 24.1 Å². The number of hydrazine groups is 1. The molecule has 0 radical (unpaired) electrons. The van der Waals surface area contributed by atoms with Crippen molar-refractivity contribution in [3.8, 4) is 0 Å². The molecule has 4 heteroatoms. The zero-order valence-corrected chi connectivity index (χ0v) is 24.9. The maximum Gasteiger partial charge on any atom is 0.237 e. The Bertz CT molecular complexity index is 1090. The molecule has 3 atom stereocenters. The van der Waals surface area contributed by atoms with Crippen molar-refractivity contribution in [3.63, 3.8) is 0 Å². The van der Waals surface area contributed by atoms with Crippen molar-refractivity contribution in [1.29, 1.82) is 0 Å². The van der Waals surface area contributed by atoms with E-state index in [1.807, 2.05) is 0 Å². The molecule has 0 aliphatic heterocycles. The fraction of sp³-hybridized carbons (Fsp3) is 0.472. The molecule has 40 heavy (non-hydrogen) atoms. The molecule has 3 aromatic carbocycles. The Balaban J connectivity index is 1.85. The first kappa shape index (κ1) is 31.6. The van der Waals surface area contributed by atoms with Crippen molar-refractivity contribution in [2.24, 2.45) is 11.3 Å². The number of hydrogen-bond acceptors (Lipinski definition) is 3. The number of carbonyl (C=O) groups is 1. The van der Waals surface area contributed by atoms with Crippen LogP contribution in [0.4, 0.5) is 0 Å². The maximum atomic E-state index is 13.8. The van der Waals surface area contributed by atoms with Crippen LogP contribution in [0.3, 0.4) is 0 Å². The van der Waals surface area contributed by atoms with Gasteiger partial charge in [-0.3, -0.25) is 9.80 Å². The molecule has 0 aliphatic rings. The number of nitrogens with one attached hydrogen (secondary N) is 1. The summed E-state index contributed by atoms with van der Waals surface area (Å²) in [6.45, 7) is 6.75. The van der Waals surface area contributed by atoms with E-state index in [4.69, 9.17) is 0 Å². The molecule has 4 nitrogen and oxygen atoms in total. The van der Waals surface area contributed by atoms with Crippen LogP contribution in [-0.4, -0.2) is 28.8 Å². The zero-order chi connectivity index (χ0) is 28.6. The van der Waals surface area contributed by atoms with Crippen LogP contribution in [0.1, 0.15) is 82.4 Å². The Hall–Kier alpha value is -2.95. The predicted octanol–water partition coefficient (Wildman–Crippen LogP) is 7.76. The van der Waals surface area contributed by atoms with Crippen molar-refractivity contribution < 1.29 is 9.90 Å². The van der Waals surface area contributed by atoms with E-state index in [0.29, 0.717) is 18.9 Å². The third-order valence-electron chi connectivity index (χ3n) is 8.23. The first-order chi connectivity index (χ1) is 19.4. The lowest BCUT2D eigenvalue weighted by atomic mass is 9.66. The molecule has 216 valence electrons. The highest BCUT2D eigenvalue weighted by Gasteiger charge is 2.37. The lowest BCUT2D eigenvalue weighted by Gasteiger charge is -2.40. The first-order valence-corrected chi connectivity index (χ1v) is 15.3. The van der Waals surface area contributed by atoms with Gasteiger partial charge < -0.3 is 5.11 Å². The number of carbonyl (C=O) groups excluding carboxylic acids is 1. The summed E-state index contributed by atoms with van der Waals surface area (Å²) in [6, 6.07) is 32.1. The van der Waals surface area contributed by atoms with E-state index in [9.17, 15) is 9.90 Å². The van der Waals surface area contributed by atoms with Crippen LogP contribution >= 0.6 is 0 Å². The first-order valence-electron chi connectivity index (χ1n) is 15.3. The Morgan fingerprint density at radius 1 is 0.800 bits per heavy atom. The Morgan fingerprint density at radius 3 is 1.85 bits per heavy atom. The van der Waals surface area contributed by atoms with E-state index in [1.165, 1.54) is 16.7 Å². The van der Waals surface area contributed by atoms with Gasteiger partial charge in [0.25, 0.3) is 0 Å². The van der Waals surface area contributed by atoms with Crippen molar-refractivity contribution >= 4 is 5.91 Å². The van der Waals surface area contributed by atoms with Gasteiger partial charge in [-0.05, 0) is 86.3 Å². The summed E-state index contributed by atoms with van der Waals surface area (Å²) < 4.78 is 0. The molecule has 0 saturated heterocycles. The molecule has 3 unspecified atom stereocenters. The number of aryl methyl sites for hydroxylation is 3. The van der Waals surface area contributed by atoms with Crippen LogP contribution in [0.25, 0.3) is 0 Å². The smallest absolute Gasteiger partial charge is 0.237 e. The maximum absolute atomic E-state index is 13.8. The van der Waals surface area contributed by atoms with Crippen molar-refractivity contribution in [2.75, 3.05) is 6.54 Å². The minimum absolute atomic E-state index is 0.0812. The number of benzene rings is 3. The van der Waals surface area contributed by atoms with Gasteiger partial charge in [0.15, 0.2) is 0 Å². The molecule has 0 heterocycles. The minimum atomic E-state index is -0.767. The van der Waals surface area contributed by atoms with Crippen LogP contribution in [0.15, 0.2) is 91.0 Å². The lowest BCUT2D eigenvalue weighted by Crippen LogP contribution is -2.49. The Kier molecular flexibility index (Phi) is 13.4. The molecule has 3 rings (SSSR count). The number of aliphatic hydroxyl groups excluding tert-OH is 1. The molecule has 0 saturated carbocycles. The van der Waals surface area contributed by atoms with E-state index in [2.05, 4.69) is 110 Å². The number of unbranched alkanes of at least 4 members (excludes halogenated alkanes) is 1. The SMILES string of the molecule is CCCCN(NC(C)O)C(=O)CC(C)(CCc1ccccc1)C(CCCc1ccccc1)CCc1ccccc1. The van der Waals surface area contributed by atoms with E-state index in [1.54, 1.807) is 11.9 Å². The van der Waals surface area contributed by atoms with Gasteiger partial charge in [0, 0.05) is 13.0 Å². The monoisotopic (exact) mass is 542 g/mol. The van der Waals surface area contributed by atoms with E-state index < -0.39 is 6.23 Å². The van der Waals surface area contributed by atoms with Crippen LogP contribution in [0.2, 0.25) is 0 Å². The molecular formula is C36H50N2O2. The highest BCUT2D eigenvalue weighted by atomic mass is 16.3. The summed E-state index contributed by atoms with van der Waals surface area (Å²) >= 11 is 0. The highest BCUT2D eigenvalue weighted by Crippen LogP contribution is 2.42. The van der Waals surface area contributed by atoms with E-state index in [0.717, 1.165) is 57.8 Å². The molecule has 0 bridgehead atoms. The highest BCUT2D eigenvalue weighted by molar-refractivity contribution is 5.76. The largest absolute Gasteiger partial charge is 0.377 e. The van der Waals surface area contributed by atoms with Crippen LogP contribution < -0.4 is 5.43 Å². The minimum Gasteiger partial charge on any atom is -0.377 e. The number of nitrogens with zero attached hydrogens (tertiary/aromatic N) is 1. The van der Waals surface area contributed by atoms with Crippen molar-refractivity contribution in [2.45, 2.75) is 91.2 Å². The fourth-order valence-electron chi connectivity index (χ4n) is 5.78. The van der Waals surface area contributed by atoms with Crippen molar-refractivity contribution in [1.82, 2.24) is 10.4 Å². The predicted molar refractivity (Wildman–Crippen MR) is 167 cm³/mol. The van der Waals surface area contributed by atoms with E-state index >= 15 is 0 Å². The molecule has 1 amide bonds. The Morgan fingerprint density at radius 2 is 1.32 bits per heavy atom. The quantitative estimate of drug-likeness (QED) is 0.128. The molecule has 3 aromatic rings. The number of amides is 1. The fourth-order valence-corrected chi connectivity index (χ4v) is 5.78. The zero-order valence-electron chi connectivity index (χ0n) is 24.9. The summed E-state index contributed by atoms with van der Waals surface area (Å²) in [5.41, 5.74) is 6.88. The van der Waals surface area contributed by atoms with Gasteiger partial charge in [0.05, 0.1) is 0 Å². The van der Waals surface area contributed by atoms with Gasteiger partial charge >= 0.3 is 0 Å². The Labute approximate surface area is 242 Å². The van der Waals surface area contributed by atoms with Gasteiger partial charge in [0.2, 0.25) is 5.91 Å². The molecule has 0 aliphatic carbocycles. The number of hydrogen-bond donors (Lipinski definition) is 2. The second-order valence-corrected chi connectivity index (χ2v) is 11.6. The molecule has 0 aromatic heterocycles. The average Bonchev–Trinajstić information content (AvgIpc) is 2.97.